The van der Waals surface area contributed by atoms with Crippen LogP contribution in [-0.2, 0) is 17.8 Å². The van der Waals surface area contributed by atoms with E-state index in [1.54, 1.807) is 24.3 Å². The molecule has 3 rings (SSSR count). The molecule has 0 aromatic carbocycles. The standard InChI is InChI=1S/C13H12N4O3S/c1-8-4-10(16-19-8)13-15-12(20-17-13)6-14-11(18)5-9-2-3-21-7-9/h2-4,7H,5-6H2,1H3,(H,14,18). The third-order valence-corrected chi connectivity index (χ3v) is 3.44. The van der Waals surface area contributed by atoms with Crippen LogP contribution in [0.1, 0.15) is 17.2 Å². The van der Waals surface area contributed by atoms with Crippen LogP contribution in [0.4, 0.5) is 0 Å². The third-order valence-electron chi connectivity index (χ3n) is 2.71. The second-order valence-corrected chi connectivity index (χ2v) is 5.20. The van der Waals surface area contributed by atoms with E-state index in [0.717, 1.165) is 5.56 Å². The van der Waals surface area contributed by atoms with Gasteiger partial charge in [0.2, 0.25) is 17.6 Å². The molecule has 3 aromatic rings. The fourth-order valence-electron chi connectivity index (χ4n) is 1.72. The predicted molar refractivity (Wildman–Crippen MR) is 74.4 cm³/mol. The van der Waals surface area contributed by atoms with E-state index in [0.29, 0.717) is 29.6 Å². The van der Waals surface area contributed by atoms with Crippen molar-refractivity contribution in [2.24, 2.45) is 0 Å². The highest BCUT2D eigenvalue weighted by atomic mass is 32.1. The minimum Gasteiger partial charge on any atom is -0.361 e. The summed E-state index contributed by atoms with van der Waals surface area (Å²) in [6, 6.07) is 3.63. The molecule has 7 nitrogen and oxygen atoms in total. The smallest absolute Gasteiger partial charge is 0.246 e. The SMILES string of the molecule is Cc1cc(-c2noc(CNC(=O)Cc3ccsc3)n2)no1. The molecule has 0 bridgehead atoms. The summed E-state index contributed by atoms with van der Waals surface area (Å²) in [6.07, 6.45) is 0.340. The zero-order valence-electron chi connectivity index (χ0n) is 11.2. The summed E-state index contributed by atoms with van der Waals surface area (Å²) in [6.45, 7) is 1.97. The van der Waals surface area contributed by atoms with Gasteiger partial charge in [-0.1, -0.05) is 10.3 Å². The van der Waals surface area contributed by atoms with E-state index < -0.39 is 0 Å². The monoisotopic (exact) mass is 304 g/mol. The van der Waals surface area contributed by atoms with Crippen molar-refractivity contribution in [2.45, 2.75) is 19.9 Å². The van der Waals surface area contributed by atoms with E-state index in [2.05, 4.69) is 20.6 Å². The Hall–Kier alpha value is -2.48. The van der Waals surface area contributed by atoms with Crippen molar-refractivity contribution in [1.82, 2.24) is 20.6 Å². The van der Waals surface area contributed by atoms with Crippen molar-refractivity contribution in [2.75, 3.05) is 0 Å². The molecule has 0 aliphatic heterocycles. The highest BCUT2D eigenvalue weighted by Crippen LogP contribution is 2.15. The topological polar surface area (TPSA) is 94.1 Å². The van der Waals surface area contributed by atoms with Gasteiger partial charge in [-0.2, -0.15) is 16.3 Å². The Kier molecular flexibility index (Phi) is 3.78. The fraction of sp³-hybridized carbons (Fsp3) is 0.231. The first-order valence-corrected chi connectivity index (χ1v) is 7.19. The highest BCUT2D eigenvalue weighted by Gasteiger charge is 2.13. The average Bonchev–Trinajstić information content (AvgIpc) is 3.17. The van der Waals surface area contributed by atoms with E-state index in [1.807, 2.05) is 16.8 Å². The van der Waals surface area contributed by atoms with E-state index in [1.165, 1.54) is 0 Å². The molecule has 1 N–H and O–H groups in total. The Morgan fingerprint density at radius 2 is 2.29 bits per heavy atom. The Balaban J connectivity index is 1.56. The number of hydrogen-bond donors (Lipinski definition) is 1. The maximum atomic E-state index is 11.7. The summed E-state index contributed by atoms with van der Waals surface area (Å²) in [7, 11) is 0. The number of rotatable bonds is 5. The molecule has 0 spiro atoms. The molecule has 3 heterocycles. The van der Waals surface area contributed by atoms with Crippen molar-refractivity contribution in [1.29, 1.82) is 0 Å². The molecule has 21 heavy (non-hydrogen) atoms. The van der Waals surface area contributed by atoms with Crippen LogP contribution in [-0.4, -0.2) is 21.2 Å². The molecule has 0 saturated heterocycles. The second kappa shape index (κ2) is 5.88. The Morgan fingerprint density at radius 3 is 3.00 bits per heavy atom. The number of nitrogens with zero attached hydrogens (tertiary/aromatic N) is 3. The second-order valence-electron chi connectivity index (χ2n) is 4.42. The minimum atomic E-state index is -0.0922. The van der Waals surface area contributed by atoms with Crippen molar-refractivity contribution in [3.8, 4) is 11.5 Å². The number of aryl methyl sites for hydroxylation is 1. The maximum absolute atomic E-state index is 11.7. The molecule has 0 saturated carbocycles. The lowest BCUT2D eigenvalue weighted by Gasteiger charge is -2.00. The number of nitrogens with one attached hydrogen (secondary N) is 1. The van der Waals surface area contributed by atoms with Crippen molar-refractivity contribution in [3.63, 3.8) is 0 Å². The molecule has 3 aromatic heterocycles. The van der Waals surface area contributed by atoms with Gasteiger partial charge in [-0.3, -0.25) is 4.79 Å². The maximum Gasteiger partial charge on any atom is 0.246 e. The summed E-state index contributed by atoms with van der Waals surface area (Å²) in [5, 5.41) is 14.2. The number of thiophene rings is 1. The van der Waals surface area contributed by atoms with Gasteiger partial charge in [-0.05, 0) is 29.3 Å². The van der Waals surface area contributed by atoms with E-state index in [-0.39, 0.29) is 12.5 Å². The van der Waals surface area contributed by atoms with Crippen LogP contribution in [0.25, 0.3) is 11.5 Å². The fourth-order valence-corrected chi connectivity index (χ4v) is 2.39. The van der Waals surface area contributed by atoms with Crippen molar-refractivity contribution < 1.29 is 13.8 Å². The summed E-state index contributed by atoms with van der Waals surface area (Å²) in [5.41, 5.74) is 1.49. The van der Waals surface area contributed by atoms with Gasteiger partial charge in [0.05, 0.1) is 13.0 Å². The van der Waals surface area contributed by atoms with Gasteiger partial charge in [0, 0.05) is 6.07 Å². The lowest BCUT2D eigenvalue weighted by Crippen LogP contribution is -2.24. The van der Waals surface area contributed by atoms with Gasteiger partial charge in [0.25, 0.3) is 0 Å². The van der Waals surface area contributed by atoms with Crippen molar-refractivity contribution >= 4 is 17.2 Å². The van der Waals surface area contributed by atoms with Crippen LogP contribution < -0.4 is 5.32 Å². The van der Waals surface area contributed by atoms with Gasteiger partial charge >= 0.3 is 0 Å². The van der Waals surface area contributed by atoms with E-state index in [9.17, 15) is 4.79 Å². The molecule has 108 valence electrons. The molecular formula is C13H12N4O3S. The van der Waals surface area contributed by atoms with Crippen LogP contribution in [0.3, 0.4) is 0 Å². The summed E-state index contributed by atoms with van der Waals surface area (Å²) >= 11 is 1.56. The molecule has 0 radical (unpaired) electrons. The van der Waals surface area contributed by atoms with Gasteiger partial charge in [0.1, 0.15) is 5.76 Å². The molecular weight excluding hydrogens is 292 g/mol. The summed E-state index contributed by atoms with van der Waals surface area (Å²) in [4.78, 5) is 15.9. The van der Waals surface area contributed by atoms with Crippen molar-refractivity contribution in [3.05, 3.63) is 40.1 Å². The first kappa shape index (κ1) is 13.5. The molecule has 0 aliphatic rings. The molecule has 1 amide bonds. The highest BCUT2D eigenvalue weighted by molar-refractivity contribution is 7.07. The number of amides is 1. The van der Waals surface area contributed by atoms with Crippen LogP contribution in [0.15, 0.2) is 31.9 Å². The number of carbonyl (C=O) groups is 1. The van der Waals surface area contributed by atoms with E-state index >= 15 is 0 Å². The zero-order chi connectivity index (χ0) is 14.7. The molecule has 0 aliphatic carbocycles. The summed E-state index contributed by atoms with van der Waals surface area (Å²) in [5.74, 6) is 1.24. The van der Waals surface area contributed by atoms with Gasteiger partial charge in [-0.15, -0.1) is 0 Å². The summed E-state index contributed by atoms with van der Waals surface area (Å²) < 4.78 is 10.0. The first-order valence-electron chi connectivity index (χ1n) is 6.25. The average molecular weight is 304 g/mol. The van der Waals surface area contributed by atoms with Crippen LogP contribution in [0, 0.1) is 6.92 Å². The molecule has 8 heteroatoms. The third kappa shape index (κ3) is 3.34. The largest absolute Gasteiger partial charge is 0.361 e. The Labute approximate surface area is 124 Å². The zero-order valence-corrected chi connectivity index (χ0v) is 12.0. The Morgan fingerprint density at radius 1 is 1.38 bits per heavy atom. The van der Waals surface area contributed by atoms with Gasteiger partial charge < -0.3 is 14.4 Å². The molecule has 0 fully saturated rings. The lowest BCUT2D eigenvalue weighted by molar-refractivity contribution is -0.120. The molecule has 0 atom stereocenters. The number of aromatic nitrogens is 3. The normalized spacial score (nSPS) is 10.7. The first-order chi connectivity index (χ1) is 10.2. The minimum absolute atomic E-state index is 0.0922. The number of carbonyl (C=O) groups excluding carboxylic acids is 1. The van der Waals surface area contributed by atoms with Gasteiger partial charge in [-0.25, -0.2) is 0 Å². The molecule has 0 unspecified atom stereocenters. The van der Waals surface area contributed by atoms with Crippen LogP contribution >= 0.6 is 11.3 Å². The quantitative estimate of drug-likeness (QED) is 0.774. The lowest BCUT2D eigenvalue weighted by atomic mass is 10.2. The predicted octanol–water partition coefficient (Wildman–Crippen LogP) is 1.95. The van der Waals surface area contributed by atoms with Crippen LogP contribution in [0.2, 0.25) is 0 Å². The number of hydrogen-bond acceptors (Lipinski definition) is 7. The van der Waals surface area contributed by atoms with Gasteiger partial charge in [0.15, 0.2) is 5.69 Å². The Bertz CT molecular complexity index is 732. The van der Waals surface area contributed by atoms with E-state index in [4.69, 9.17) is 9.05 Å². The van der Waals surface area contributed by atoms with Crippen LogP contribution in [0.5, 0.6) is 0 Å².